The number of azo groups is 1. The van der Waals surface area contributed by atoms with E-state index < -0.39 is 0 Å². The number of allylic oxidation sites excluding steroid dienone is 1. The maximum absolute atomic E-state index is 10.3. The molecule has 0 aromatic heterocycles. The second-order valence-electron chi connectivity index (χ2n) is 2.58. The van der Waals surface area contributed by atoms with E-state index >= 15 is 0 Å². The van der Waals surface area contributed by atoms with E-state index in [0.717, 1.165) is 11.3 Å². The third kappa shape index (κ3) is 1.45. The van der Waals surface area contributed by atoms with Gasteiger partial charge in [-0.1, -0.05) is 18.2 Å². The first-order chi connectivity index (χ1) is 6.40. The van der Waals surface area contributed by atoms with E-state index in [-0.39, 0.29) is 5.70 Å². The minimum atomic E-state index is 0.219. The van der Waals surface area contributed by atoms with E-state index in [1.165, 1.54) is 0 Å². The van der Waals surface area contributed by atoms with Crippen LogP contribution in [0.3, 0.4) is 0 Å². The minimum absolute atomic E-state index is 0.219. The van der Waals surface area contributed by atoms with E-state index in [1.54, 1.807) is 18.1 Å². The SMILES string of the molecule is O=C=C1C=Cc2ccccc2N=N1. The Hall–Kier alpha value is -1.99. The number of hydrogen-bond acceptors (Lipinski definition) is 3. The smallest absolute Gasteiger partial charge is 0.169 e. The second kappa shape index (κ2) is 3.17. The molecule has 0 bridgehead atoms. The Bertz CT molecular complexity index is 405. The van der Waals surface area contributed by atoms with Crippen molar-refractivity contribution < 1.29 is 4.79 Å². The standard InChI is InChI=1S/C10H6N2O/c13-7-9-6-5-8-3-1-2-4-10(8)12-11-9/h1-6H. The summed E-state index contributed by atoms with van der Waals surface area (Å²) in [4.78, 5) is 10.3. The molecule has 3 heteroatoms. The van der Waals surface area contributed by atoms with Gasteiger partial charge in [0.15, 0.2) is 11.6 Å². The first-order valence-corrected chi connectivity index (χ1v) is 3.84. The monoisotopic (exact) mass is 170 g/mol. The highest BCUT2D eigenvalue weighted by Gasteiger charge is 2.01. The van der Waals surface area contributed by atoms with Crippen LogP contribution in [0.25, 0.3) is 6.08 Å². The molecule has 1 aliphatic heterocycles. The quantitative estimate of drug-likeness (QED) is 0.551. The van der Waals surface area contributed by atoms with Crippen molar-refractivity contribution in [1.29, 1.82) is 0 Å². The van der Waals surface area contributed by atoms with Crippen LogP contribution in [-0.4, -0.2) is 5.94 Å². The molecule has 2 rings (SSSR count). The van der Waals surface area contributed by atoms with Gasteiger partial charge in [0.25, 0.3) is 0 Å². The van der Waals surface area contributed by atoms with Crippen LogP contribution >= 0.6 is 0 Å². The molecular weight excluding hydrogens is 164 g/mol. The molecule has 1 aliphatic rings. The number of benzene rings is 1. The maximum atomic E-state index is 10.3. The van der Waals surface area contributed by atoms with Gasteiger partial charge in [0.05, 0.1) is 5.69 Å². The highest BCUT2D eigenvalue weighted by molar-refractivity contribution is 5.70. The Balaban J connectivity index is 2.59. The van der Waals surface area contributed by atoms with Gasteiger partial charge in [0, 0.05) is 5.56 Å². The van der Waals surface area contributed by atoms with Crippen LogP contribution in [0.15, 0.2) is 46.3 Å². The van der Waals surface area contributed by atoms with E-state index in [9.17, 15) is 4.79 Å². The second-order valence-corrected chi connectivity index (χ2v) is 2.58. The van der Waals surface area contributed by atoms with Crippen LogP contribution in [0.2, 0.25) is 0 Å². The third-order valence-corrected chi connectivity index (χ3v) is 1.73. The van der Waals surface area contributed by atoms with Crippen molar-refractivity contribution in [3.63, 3.8) is 0 Å². The molecule has 0 saturated heterocycles. The maximum Gasteiger partial charge on any atom is 0.169 e. The zero-order valence-corrected chi connectivity index (χ0v) is 6.77. The molecule has 13 heavy (non-hydrogen) atoms. The number of carbonyl (C=O) groups excluding carboxylic acids is 1. The molecule has 0 amide bonds. The predicted octanol–water partition coefficient (Wildman–Crippen LogP) is 2.51. The van der Waals surface area contributed by atoms with Gasteiger partial charge >= 0.3 is 0 Å². The van der Waals surface area contributed by atoms with Crippen LogP contribution < -0.4 is 0 Å². The molecular formula is C10H6N2O. The van der Waals surface area contributed by atoms with E-state index in [2.05, 4.69) is 10.2 Å². The van der Waals surface area contributed by atoms with E-state index in [1.807, 2.05) is 24.3 Å². The van der Waals surface area contributed by atoms with Gasteiger partial charge in [-0.2, -0.15) is 0 Å². The van der Waals surface area contributed by atoms with Crippen LogP contribution in [0.1, 0.15) is 5.56 Å². The molecule has 3 nitrogen and oxygen atoms in total. The van der Waals surface area contributed by atoms with Crippen LogP contribution in [0.4, 0.5) is 5.69 Å². The molecule has 0 fully saturated rings. The molecule has 0 aliphatic carbocycles. The van der Waals surface area contributed by atoms with Crippen molar-refractivity contribution >= 4 is 17.7 Å². The highest BCUT2D eigenvalue weighted by atomic mass is 16.1. The zero-order chi connectivity index (χ0) is 9.10. The van der Waals surface area contributed by atoms with Gasteiger partial charge in [0.1, 0.15) is 0 Å². The Labute approximate surface area is 75.1 Å². The first-order valence-electron chi connectivity index (χ1n) is 3.84. The summed E-state index contributed by atoms with van der Waals surface area (Å²) in [6, 6.07) is 7.55. The lowest BCUT2D eigenvalue weighted by molar-refractivity contribution is 0.567. The predicted molar refractivity (Wildman–Crippen MR) is 49.2 cm³/mol. The fourth-order valence-electron chi connectivity index (χ4n) is 1.08. The summed E-state index contributed by atoms with van der Waals surface area (Å²) in [5, 5.41) is 7.62. The average molecular weight is 170 g/mol. The Morgan fingerprint density at radius 3 is 2.77 bits per heavy atom. The molecule has 62 valence electrons. The molecule has 1 aromatic rings. The molecule has 0 spiro atoms. The van der Waals surface area contributed by atoms with Crippen molar-refractivity contribution in [2.45, 2.75) is 0 Å². The third-order valence-electron chi connectivity index (χ3n) is 1.73. The van der Waals surface area contributed by atoms with Gasteiger partial charge in [-0.15, -0.1) is 10.2 Å². The van der Waals surface area contributed by atoms with Gasteiger partial charge in [-0.05, 0) is 18.2 Å². The molecule has 1 aromatic carbocycles. The average Bonchev–Trinajstić information content (AvgIpc) is 2.39. The van der Waals surface area contributed by atoms with Crippen LogP contribution in [-0.2, 0) is 4.79 Å². The van der Waals surface area contributed by atoms with E-state index in [0.29, 0.717) is 0 Å². The lowest BCUT2D eigenvalue weighted by atomic mass is 10.2. The van der Waals surface area contributed by atoms with Gasteiger partial charge in [-0.25, -0.2) is 4.79 Å². The van der Waals surface area contributed by atoms with Gasteiger partial charge in [-0.3, -0.25) is 0 Å². The summed E-state index contributed by atoms with van der Waals surface area (Å²) >= 11 is 0. The Morgan fingerprint density at radius 2 is 1.92 bits per heavy atom. The fourth-order valence-corrected chi connectivity index (χ4v) is 1.08. The van der Waals surface area contributed by atoms with Crippen molar-refractivity contribution in [2.75, 3.05) is 0 Å². The molecule has 1 heterocycles. The number of hydrogen-bond donors (Lipinski definition) is 0. The van der Waals surface area contributed by atoms with Gasteiger partial charge in [0.2, 0.25) is 0 Å². The summed E-state index contributed by atoms with van der Waals surface area (Å²) < 4.78 is 0. The lowest BCUT2D eigenvalue weighted by Crippen LogP contribution is -1.69. The number of nitrogens with zero attached hydrogens (tertiary/aromatic N) is 2. The molecule has 0 saturated carbocycles. The Kier molecular flexibility index (Phi) is 1.87. The molecule has 0 N–H and O–H groups in total. The normalized spacial score (nSPS) is 13.4. The molecule has 0 unspecified atom stereocenters. The van der Waals surface area contributed by atoms with Crippen molar-refractivity contribution in [1.82, 2.24) is 0 Å². The molecule has 0 atom stereocenters. The number of rotatable bonds is 0. The summed E-state index contributed by atoms with van der Waals surface area (Å²) in [5.74, 6) is 1.70. The van der Waals surface area contributed by atoms with Crippen LogP contribution in [0.5, 0.6) is 0 Å². The zero-order valence-electron chi connectivity index (χ0n) is 6.77. The summed E-state index contributed by atoms with van der Waals surface area (Å²) in [5.41, 5.74) is 1.94. The molecule has 0 radical (unpaired) electrons. The van der Waals surface area contributed by atoms with Crippen molar-refractivity contribution in [3.8, 4) is 0 Å². The van der Waals surface area contributed by atoms with Gasteiger partial charge < -0.3 is 0 Å². The topological polar surface area (TPSA) is 41.8 Å². The number of fused-ring (bicyclic) bond motifs is 1. The summed E-state index contributed by atoms with van der Waals surface area (Å²) in [6.45, 7) is 0. The summed E-state index contributed by atoms with van der Waals surface area (Å²) in [6.07, 6.45) is 3.40. The van der Waals surface area contributed by atoms with Crippen molar-refractivity contribution in [2.24, 2.45) is 10.2 Å². The first kappa shape index (κ1) is 7.65. The van der Waals surface area contributed by atoms with E-state index in [4.69, 9.17) is 0 Å². The largest absolute Gasteiger partial charge is 0.231 e. The van der Waals surface area contributed by atoms with Crippen molar-refractivity contribution in [3.05, 3.63) is 41.6 Å². The summed E-state index contributed by atoms with van der Waals surface area (Å²) in [7, 11) is 0. The fraction of sp³-hybridized carbons (Fsp3) is 0. The lowest BCUT2D eigenvalue weighted by Gasteiger charge is -1.94. The highest BCUT2D eigenvalue weighted by Crippen LogP contribution is 2.24. The minimum Gasteiger partial charge on any atom is -0.231 e. The van der Waals surface area contributed by atoms with Crippen LogP contribution in [0, 0.1) is 0 Å². The Morgan fingerprint density at radius 1 is 1.08 bits per heavy atom.